The fourth-order valence-electron chi connectivity index (χ4n) is 4.52. The van der Waals surface area contributed by atoms with Gasteiger partial charge >= 0.3 is 5.97 Å². The summed E-state index contributed by atoms with van der Waals surface area (Å²) in [6, 6.07) is 13.9. The Labute approximate surface area is 189 Å². The van der Waals surface area contributed by atoms with Crippen LogP contribution in [0.1, 0.15) is 63.6 Å². The van der Waals surface area contributed by atoms with Crippen LogP contribution in [0.25, 0.3) is 0 Å². The summed E-state index contributed by atoms with van der Waals surface area (Å²) < 4.78 is 11.9. The number of ether oxygens (including phenoxy) is 2. The van der Waals surface area contributed by atoms with E-state index >= 15 is 0 Å². The van der Waals surface area contributed by atoms with Crippen molar-refractivity contribution in [3.05, 3.63) is 82.4 Å². The second-order valence-electron chi connectivity index (χ2n) is 8.27. The summed E-state index contributed by atoms with van der Waals surface area (Å²) in [5.74, 6) is -0.196. The smallest absolute Gasteiger partial charge is 0.340 e. The van der Waals surface area contributed by atoms with E-state index in [1.54, 1.807) is 24.3 Å². The number of aromatic hydroxyl groups is 2. The quantitative estimate of drug-likeness (QED) is 0.437. The van der Waals surface area contributed by atoms with Crippen molar-refractivity contribution in [1.29, 1.82) is 0 Å². The molecule has 0 aromatic heterocycles. The number of ketones is 2. The maximum Gasteiger partial charge on any atom is 0.340 e. The van der Waals surface area contributed by atoms with Crippen LogP contribution in [0.15, 0.2) is 54.6 Å². The number of Topliss-reactive ketones (excluding diaryl/α,β-unsaturated/α-hetero) is 2. The van der Waals surface area contributed by atoms with Gasteiger partial charge in [0.2, 0.25) is 0 Å². The highest BCUT2D eigenvalue weighted by atomic mass is 16.6. The molecule has 7 nitrogen and oxygen atoms in total. The van der Waals surface area contributed by atoms with Crippen molar-refractivity contribution in [3.8, 4) is 23.0 Å². The SMILES string of the molecule is CC(=O)CCCC(=O)c1ccc2c(c1)C(=O)OC21c2ccc(O)cc2Oc2cc(O)ccc21. The van der Waals surface area contributed by atoms with E-state index in [0.717, 1.165) is 0 Å². The molecule has 2 heterocycles. The molecule has 0 saturated heterocycles. The van der Waals surface area contributed by atoms with E-state index in [1.807, 2.05) is 0 Å². The molecular weight excluding hydrogens is 424 g/mol. The predicted octanol–water partition coefficient (Wildman–Crippen LogP) is 4.61. The second-order valence-corrected chi connectivity index (χ2v) is 8.27. The molecular formula is C26H20O7. The van der Waals surface area contributed by atoms with Gasteiger partial charge in [-0.25, -0.2) is 4.79 Å². The lowest BCUT2D eigenvalue weighted by Crippen LogP contribution is -2.32. The Hall–Kier alpha value is -4.13. The number of phenolic OH excluding ortho intramolecular Hbond substituents is 2. The number of hydrogen-bond acceptors (Lipinski definition) is 7. The van der Waals surface area contributed by atoms with E-state index in [-0.39, 0.29) is 46.5 Å². The highest BCUT2D eigenvalue weighted by molar-refractivity contribution is 6.02. The lowest BCUT2D eigenvalue weighted by Gasteiger charge is -2.36. The van der Waals surface area contributed by atoms with Gasteiger partial charge in [0.05, 0.1) is 5.56 Å². The molecule has 0 amide bonds. The minimum atomic E-state index is -1.35. The number of esters is 1. The van der Waals surface area contributed by atoms with Crippen LogP contribution in [0.4, 0.5) is 0 Å². The zero-order chi connectivity index (χ0) is 23.3. The van der Waals surface area contributed by atoms with Gasteiger partial charge in [0, 0.05) is 47.2 Å². The normalized spacial score (nSPS) is 14.6. The molecule has 166 valence electrons. The maximum atomic E-state index is 13.1. The molecule has 0 atom stereocenters. The molecule has 3 aromatic carbocycles. The molecule has 2 aliphatic heterocycles. The van der Waals surface area contributed by atoms with Crippen molar-refractivity contribution in [2.24, 2.45) is 0 Å². The van der Waals surface area contributed by atoms with Gasteiger partial charge in [-0.05, 0) is 43.7 Å². The highest BCUT2D eigenvalue weighted by Crippen LogP contribution is 2.57. The third-order valence-corrected chi connectivity index (χ3v) is 6.03. The van der Waals surface area contributed by atoms with Crippen LogP contribution in [0.3, 0.4) is 0 Å². The van der Waals surface area contributed by atoms with Gasteiger partial charge in [0.15, 0.2) is 11.4 Å². The van der Waals surface area contributed by atoms with Crippen molar-refractivity contribution in [3.63, 3.8) is 0 Å². The lowest BCUT2D eigenvalue weighted by molar-refractivity contribution is -0.117. The average molecular weight is 444 g/mol. The molecule has 3 aromatic rings. The minimum Gasteiger partial charge on any atom is -0.508 e. The predicted molar refractivity (Wildman–Crippen MR) is 117 cm³/mol. The Morgan fingerprint density at radius 2 is 1.45 bits per heavy atom. The van der Waals surface area contributed by atoms with Gasteiger partial charge < -0.3 is 24.5 Å². The van der Waals surface area contributed by atoms with Crippen LogP contribution in [-0.2, 0) is 15.1 Å². The van der Waals surface area contributed by atoms with E-state index in [4.69, 9.17) is 9.47 Å². The van der Waals surface area contributed by atoms with E-state index in [1.165, 1.54) is 37.3 Å². The molecule has 0 bridgehead atoms. The molecule has 1 spiro atoms. The summed E-state index contributed by atoms with van der Waals surface area (Å²) in [6.07, 6.45) is 0.983. The Bertz CT molecular complexity index is 1290. The number of rotatable bonds is 5. The van der Waals surface area contributed by atoms with Crippen molar-refractivity contribution < 1.29 is 34.1 Å². The number of phenols is 2. The first-order valence-electron chi connectivity index (χ1n) is 10.5. The minimum absolute atomic E-state index is 0.0243. The van der Waals surface area contributed by atoms with E-state index in [2.05, 4.69) is 0 Å². The Kier molecular flexibility index (Phi) is 4.70. The van der Waals surface area contributed by atoms with Crippen LogP contribution < -0.4 is 4.74 Å². The molecule has 33 heavy (non-hydrogen) atoms. The van der Waals surface area contributed by atoms with Gasteiger partial charge in [-0.2, -0.15) is 0 Å². The van der Waals surface area contributed by atoms with Crippen molar-refractivity contribution >= 4 is 17.5 Å². The van der Waals surface area contributed by atoms with Crippen LogP contribution in [0.5, 0.6) is 23.0 Å². The molecule has 2 aliphatic rings. The van der Waals surface area contributed by atoms with Gasteiger partial charge in [-0.1, -0.05) is 12.1 Å². The lowest BCUT2D eigenvalue weighted by atomic mass is 9.77. The molecule has 7 heteroatoms. The molecule has 0 fully saturated rings. The largest absolute Gasteiger partial charge is 0.508 e. The van der Waals surface area contributed by atoms with E-state index < -0.39 is 11.6 Å². The highest BCUT2D eigenvalue weighted by Gasteiger charge is 2.53. The van der Waals surface area contributed by atoms with Crippen molar-refractivity contribution in [1.82, 2.24) is 0 Å². The molecule has 0 aliphatic carbocycles. The summed E-state index contributed by atoms with van der Waals surface area (Å²) in [5, 5.41) is 20.0. The van der Waals surface area contributed by atoms with E-state index in [0.29, 0.717) is 35.1 Å². The zero-order valence-electron chi connectivity index (χ0n) is 17.8. The van der Waals surface area contributed by atoms with Crippen molar-refractivity contribution in [2.45, 2.75) is 31.8 Å². The number of fused-ring (bicyclic) bond motifs is 6. The molecule has 2 N–H and O–H groups in total. The zero-order valence-corrected chi connectivity index (χ0v) is 17.8. The number of hydrogen-bond donors (Lipinski definition) is 2. The third-order valence-electron chi connectivity index (χ3n) is 6.03. The first-order valence-corrected chi connectivity index (χ1v) is 10.5. The monoisotopic (exact) mass is 444 g/mol. The molecule has 0 saturated carbocycles. The maximum absolute atomic E-state index is 13.1. The second kappa shape index (κ2) is 7.48. The van der Waals surface area contributed by atoms with Crippen molar-refractivity contribution in [2.75, 3.05) is 0 Å². The fourth-order valence-corrected chi connectivity index (χ4v) is 4.52. The fraction of sp³-hybridized carbons (Fsp3) is 0.192. The standard InChI is InChI=1S/C26H20O7/c1-14(27)3-2-4-22(30)15-5-8-19-18(11-15)25(31)33-26(19)20-9-6-16(28)12-23(20)32-24-13-17(29)7-10-21(24)26/h5-13,28-29H,2-4H2,1H3. The number of carbonyl (C=O) groups excluding carboxylic acids is 3. The summed E-state index contributed by atoms with van der Waals surface area (Å²) in [4.78, 5) is 36.8. The molecule has 5 rings (SSSR count). The third kappa shape index (κ3) is 3.24. The average Bonchev–Trinajstić information content (AvgIpc) is 3.05. The summed E-state index contributed by atoms with van der Waals surface area (Å²) in [5.41, 5.74) is 0.849. The van der Waals surface area contributed by atoms with Crippen LogP contribution in [-0.4, -0.2) is 27.7 Å². The van der Waals surface area contributed by atoms with Crippen LogP contribution >= 0.6 is 0 Å². The molecule has 0 unspecified atom stereocenters. The summed E-state index contributed by atoms with van der Waals surface area (Å²) in [7, 11) is 0. The van der Waals surface area contributed by atoms with Gasteiger partial charge in [-0.15, -0.1) is 0 Å². The van der Waals surface area contributed by atoms with Gasteiger partial charge in [0.1, 0.15) is 28.8 Å². The van der Waals surface area contributed by atoms with E-state index in [9.17, 15) is 24.6 Å². The number of carbonyl (C=O) groups is 3. The van der Waals surface area contributed by atoms with Gasteiger partial charge in [-0.3, -0.25) is 4.79 Å². The first-order chi connectivity index (χ1) is 15.8. The molecule has 0 radical (unpaired) electrons. The Morgan fingerprint density at radius 3 is 2.06 bits per heavy atom. The summed E-state index contributed by atoms with van der Waals surface area (Å²) >= 11 is 0. The Morgan fingerprint density at radius 1 is 0.848 bits per heavy atom. The summed E-state index contributed by atoms with van der Waals surface area (Å²) in [6.45, 7) is 1.48. The first kappa shape index (κ1) is 20.8. The number of benzene rings is 3. The van der Waals surface area contributed by atoms with Crippen LogP contribution in [0, 0.1) is 0 Å². The van der Waals surface area contributed by atoms with Crippen LogP contribution in [0.2, 0.25) is 0 Å². The topological polar surface area (TPSA) is 110 Å². The Balaban J connectivity index is 1.64. The van der Waals surface area contributed by atoms with Gasteiger partial charge in [0.25, 0.3) is 0 Å².